The average Bonchev–Trinajstić information content (AvgIpc) is 2.58. The van der Waals surface area contributed by atoms with Crippen LogP contribution in [0.3, 0.4) is 0 Å². The van der Waals surface area contributed by atoms with Gasteiger partial charge in [0.2, 0.25) is 0 Å². The molecule has 0 saturated carbocycles. The first-order chi connectivity index (χ1) is 12.0. The Morgan fingerprint density at radius 1 is 1.46 bits per heavy atom. The van der Waals surface area contributed by atoms with Crippen LogP contribution in [0.4, 0.5) is 15.8 Å². The molecule has 1 saturated heterocycles. The summed E-state index contributed by atoms with van der Waals surface area (Å²) in [7, 11) is 0. The quantitative estimate of drug-likeness (QED) is 0.579. The molecule has 0 radical (unpaired) electrons. The van der Waals surface area contributed by atoms with E-state index in [2.05, 4.69) is 30.8 Å². The summed E-state index contributed by atoms with van der Waals surface area (Å²) in [6.45, 7) is 1.63. The number of carbonyl (C=O) groups is 1. The molecule has 4 N–H and O–H groups in total. The van der Waals surface area contributed by atoms with Crippen molar-refractivity contribution >= 4 is 33.1 Å². The maximum atomic E-state index is 13.5. The Balaban J connectivity index is 0.00000243. The molecule has 1 fully saturated rings. The van der Waals surface area contributed by atoms with Gasteiger partial charge >= 0.3 is 0 Å². The predicted octanol–water partition coefficient (Wildman–Crippen LogP) is 2.95. The van der Waals surface area contributed by atoms with Crippen LogP contribution in [0, 0.1) is 5.82 Å². The van der Waals surface area contributed by atoms with E-state index in [0.717, 1.165) is 43.2 Å². The molecule has 8 heteroatoms. The number of nitrogen functional groups attached to an aromatic ring is 1. The lowest BCUT2D eigenvalue weighted by Gasteiger charge is -2.33. The zero-order valence-electron chi connectivity index (χ0n) is 13.6. The third-order valence-electron chi connectivity index (χ3n) is 4.25. The molecule has 140 valence electrons. The minimum absolute atomic E-state index is 0. The van der Waals surface area contributed by atoms with Gasteiger partial charge in [0, 0.05) is 55.3 Å². The van der Waals surface area contributed by atoms with Gasteiger partial charge in [0.25, 0.3) is 0 Å². The number of pyridine rings is 2. The van der Waals surface area contributed by atoms with Gasteiger partial charge < -0.3 is 16.4 Å². The second-order valence-corrected chi connectivity index (χ2v) is 6.90. The summed E-state index contributed by atoms with van der Waals surface area (Å²) < 4.78 is 13.4. The van der Waals surface area contributed by atoms with Crippen LogP contribution in [0.5, 0.6) is 0 Å². The van der Waals surface area contributed by atoms with Crippen LogP contribution in [-0.4, -0.2) is 34.9 Å². The van der Waals surface area contributed by atoms with Crippen molar-refractivity contribution in [3.8, 4) is 0 Å². The standard InChI is InChI=1S/C17H19BrFN5O.CH4/c18-17-12(19)7-13(21)16(23-17)15(25)6-10-8-22-4-3-14(10)24-5-1-2-11(20)9-24;/h3-4,7-8,11H,1-2,5-6,9,20-21H2;1H4/t11-;/m0./s1. The van der Waals surface area contributed by atoms with Crippen molar-refractivity contribution in [2.75, 3.05) is 23.7 Å². The number of nitrogens with two attached hydrogens (primary N) is 2. The number of rotatable bonds is 4. The number of piperidine rings is 1. The fourth-order valence-corrected chi connectivity index (χ4v) is 3.35. The fourth-order valence-electron chi connectivity index (χ4n) is 3.05. The molecule has 0 aliphatic carbocycles. The second kappa shape index (κ2) is 8.55. The minimum atomic E-state index is -0.599. The highest BCUT2D eigenvalue weighted by Crippen LogP contribution is 2.26. The molecule has 0 spiro atoms. The maximum absolute atomic E-state index is 13.5. The van der Waals surface area contributed by atoms with Gasteiger partial charge in [0.1, 0.15) is 10.3 Å². The van der Waals surface area contributed by atoms with Crippen molar-refractivity contribution in [1.82, 2.24) is 9.97 Å². The fraction of sp³-hybridized carbons (Fsp3) is 0.389. The van der Waals surface area contributed by atoms with Gasteiger partial charge in [-0.05, 0) is 34.8 Å². The summed E-state index contributed by atoms with van der Waals surface area (Å²) in [4.78, 5) is 22.9. The summed E-state index contributed by atoms with van der Waals surface area (Å²) in [5, 5.41) is 0. The molecule has 1 atom stereocenters. The summed E-state index contributed by atoms with van der Waals surface area (Å²) >= 11 is 2.99. The van der Waals surface area contributed by atoms with Crippen LogP contribution in [0.1, 0.15) is 36.3 Å². The second-order valence-electron chi connectivity index (χ2n) is 6.15. The highest BCUT2D eigenvalue weighted by Gasteiger charge is 2.22. The van der Waals surface area contributed by atoms with Crippen molar-refractivity contribution in [3.05, 3.63) is 46.2 Å². The smallest absolute Gasteiger partial charge is 0.187 e. The number of aromatic nitrogens is 2. The summed E-state index contributed by atoms with van der Waals surface area (Å²) in [6.07, 6.45) is 5.47. The van der Waals surface area contributed by atoms with Gasteiger partial charge in [-0.2, -0.15) is 0 Å². The molecule has 6 nitrogen and oxygen atoms in total. The van der Waals surface area contributed by atoms with Crippen LogP contribution in [0.25, 0.3) is 0 Å². The van der Waals surface area contributed by atoms with Crippen molar-refractivity contribution in [3.63, 3.8) is 0 Å². The molecule has 0 bridgehead atoms. The Morgan fingerprint density at radius 2 is 2.23 bits per heavy atom. The van der Waals surface area contributed by atoms with E-state index in [4.69, 9.17) is 11.5 Å². The van der Waals surface area contributed by atoms with Crippen LogP contribution >= 0.6 is 15.9 Å². The maximum Gasteiger partial charge on any atom is 0.187 e. The van der Waals surface area contributed by atoms with Gasteiger partial charge in [-0.15, -0.1) is 0 Å². The average molecular weight is 424 g/mol. The first kappa shape index (κ1) is 20.3. The summed E-state index contributed by atoms with van der Waals surface area (Å²) in [5.41, 5.74) is 13.6. The Hall–Kier alpha value is -2.06. The van der Waals surface area contributed by atoms with E-state index >= 15 is 0 Å². The molecule has 3 heterocycles. The molecule has 0 unspecified atom stereocenters. The molecular weight excluding hydrogens is 401 g/mol. The van der Waals surface area contributed by atoms with Crippen LogP contribution in [-0.2, 0) is 6.42 Å². The highest BCUT2D eigenvalue weighted by atomic mass is 79.9. The van der Waals surface area contributed by atoms with Crippen molar-refractivity contribution in [1.29, 1.82) is 0 Å². The zero-order valence-corrected chi connectivity index (χ0v) is 15.2. The van der Waals surface area contributed by atoms with Crippen molar-refractivity contribution < 1.29 is 9.18 Å². The number of hydrogen-bond acceptors (Lipinski definition) is 6. The molecule has 26 heavy (non-hydrogen) atoms. The van der Waals surface area contributed by atoms with Crippen LogP contribution < -0.4 is 16.4 Å². The number of nitrogens with zero attached hydrogens (tertiary/aromatic N) is 3. The molecule has 2 aromatic heterocycles. The molecule has 1 aliphatic rings. The first-order valence-corrected chi connectivity index (χ1v) is 8.83. The summed E-state index contributed by atoms with van der Waals surface area (Å²) in [5.74, 6) is -0.882. The van der Waals surface area contributed by atoms with E-state index in [9.17, 15) is 9.18 Å². The Kier molecular flexibility index (Phi) is 6.66. The van der Waals surface area contributed by atoms with Gasteiger partial charge in [-0.1, -0.05) is 7.43 Å². The SMILES string of the molecule is C.Nc1cc(F)c(Br)nc1C(=O)Cc1cnccc1N1CCC[C@H](N)C1. The van der Waals surface area contributed by atoms with Crippen molar-refractivity contribution in [2.45, 2.75) is 32.7 Å². The lowest BCUT2D eigenvalue weighted by Crippen LogP contribution is -2.43. The molecule has 3 rings (SSSR count). The third kappa shape index (κ3) is 4.37. The van der Waals surface area contributed by atoms with E-state index in [-0.39, 0.29) is 41.7 Å². The topological polar surface area (TPSA) is 98.1 Å². The lowest BCUT2D eigenvalue weighted by atomic mass is 10.0. The van der Waals surface area contributed by atoms with E-state index in [1.807, 2.05) is 6.07 Å². The number of carbonyl (C=O) groups excluding carboxylic acids is 1. The van der Waals surface area contributed by atoms with Gasteiger partial charge in [0.15, 0.2) is 11.6 Å². The van der Waals surface area contributed by atoms with E-state index < -0.39 is 5.82 Å². The zero-order chi connectivity index (χ0) is 18.0. The number of Topliss-reactive ketones (excluding diaryl/α,β-unsaturated/α-hetero) is 1. The Morgan fingerprint density at radius 3 is 2.96 bits per heavy atom. The largest absolute Gasteiger partial charge is 0.397 e. The van der Waals surface area contributed by atoms with E-state index in [0.29, 0.717) is 0 Å². The molecule has 1 aliphatic heterocycles. The summed E-state index contributed by atoms with van der Waals surface area (Å²) in [6, 6.07) is 3.10. The number of anilines is 2. The van der Waals surface area contributed by atoms with Crippen molar-refractivity contribution in [2.24, 2.45) is 5.73 Å². The number of hydrogen-bond donors (Lipinski definition) is 2. The van der Waals surface area contributed by atoms with Gasteiger partial charge in [-0.3, -0.25) is 9.78 Å². The monoisotopic (exact) mass is 423 g/mol. The van der Waals surface area contributed by atoms with Gasteiger partial charge in [-0.25, -0.2) is 9.37 Å². The molecule has 2 aromatic rings. The lowest BCUT2D eigenvalue weighted by molar-refractivity contribution is 0.0989. The van der Waals surface area contributed by atoms with Crippen LogP contribution in [0.15, 0.2) is 29.1 Å². The number of halogens is 2. The van der Waals surface area contributed by atoms with Gasteiger partial charge in [0.05, 0.1) is 5.69 Å². The van der Waals surface area contributed by atoms with E-state index in [1.54, 1.807) is 12.4 Å². The highest BCUT2D eigenvalue weighted by molar-refractivity contribution is 9.10. The Bertz CT molecular complexity index is 801. The Labute approximate surface area is 160 Å². The number of ketones is 1. The molecular formula is C18H23BrFN5O. The third-order valence-corrected chi connectivity index (χ3v) is 4.81. The van der Waals surface area contributed by atoms with Crippen LogP contribution in [0.2, 0.25) is 0 Å². The van der Waals surface area contributed by atoms with E-state index in [1.165, 1.54) is 0 Å². The normalized spacial score (nSPS) is 16.9. The first-order valence-electron chi connectivity index (χ1n) is 8.04. The molecule has 0 amide bonds. The predicted molar refractivity (Wildman–Crippen MR) is 105 cm³/mol. The molecule has 0 aromatic carbocycles. The minimum Gasteiger partial charge on any atom is -0.397 e.